The molecule has 1 fully saturated rings. The number of unbranched alkanes of at least 4 members (excludes halogenated alkanes) is 2. The van der Waals surface area contributed by atoms with Crippen molar-refractivity contribution in [3.8, 4) is 0 Å². The van der Waals surface area contributed by atoms with E-state index in [0.29, 0.717) is 24.3 Å². The monoisotopic (exact) mass is 554 g/mol. The van der Waals surface area contributed by atoms with E-state index >= 15 is 0 Å². The van der Waals surface area contributed by atoms with Gasteiger partial charge in [-0.05, 0) is 110 Å². The molecule has 0 spiro atoms. The molecule has 0 aliphatic heterocycles. The molecule has 1 aliphatic carbocycles. The first-order valence-corrected chi connectivity index (χ1v) is 15.3. The number of hydrogen-bond donors (Lipinski definition) is 0. The third kappa shape index (κ3) is 9.13. The molecule has 0 nitrogen and oxygen atoms in total. The van der Waals surface area contributed by atoms with E-state index in [1.165, 1.54) is 93.2 Å². The minimum atomic E-state index is -0.512. The third-order valence-electron chi connectivity index (χ3n) is 8.59. The van der Waals surface area contributed by atoms with Gasteiger partial charge < -0.3 is 0 Å². The van der Waals surface area contributed by atoms with Crippen LogP contribution in [0.1, 0.15) is 92.5 Å². The smallest absolute Gasteiger partial charge is 0.142 e. The van der Waals surface area contributed by atoms with Gasteiger partial charge in [0.2, 0.25) is 0 Å². The van der Waals surface area contributed by atoms with Crippen molar-refractivity contribution in [3.63, 3.8) is 0 Å². The number of rotatable bonds is 13. The van der Waals surface area contributed by atoms with Crippen LogP contribution in [0.3, 0.4) is 0 Å². The Hall–Kier alpha value is -2.26. The molecular weight excluding hydrogens is 513 g/mol. The lowest BCUT2D eigenvalue weighted by Gasteiger charge is -2.28. The molecule has 3 aromatic rings. The van der Waals surface area contributed by atoms with Crippen molar-refractivity contribution in [1.29, 1.82) is 0 Å². The van der Waals surface area contributed by atoms with Crippen LogP contribution in [0.5, 0.6) is 0 Å². The molecule has 0 atom stereocenters. The molecule has 0 radical (unpaired) electrons. The van der Waals surface area contributed by atoms with E-state index < -0.39 is 17.5 Å². The van der Waals surface area contributed by atoms with Gasteiger partial charge >= 0.3 is 0 Å². The summed E-state index contributed by atoms with van der Waals surface area (Å²) in [6, 6.07) is 16.7. The Labute approximate surface area is 238 Å². The SMILES string of the molecule is CCCCCc1ccc(CCC2CCC(CCc3cc(F)c(CCc4ccc(Cl)c(F)c4)c(F)c3)CC2)cc1. The Balaban J connectivity index is 1.17. The molecule has 0 N–H and O–H groups in total. The normalized spacial score (nSPS) is 17.5. The first-order chi connectivity index (χ1) is 18.9. The van der Waals surface area contributed by atoms with E-state index in [4.69, 9.17) is 11.6 Å². The molecule has 210 valence electrons. The Morgan fingerprint density at radius 3 is 1.67 bits per heavy atom. The number of halogens is 4. The topological polar surface area (TPSA) is 0 Å². The van der Waals surface area contributed by atoms with Gasteiger partial charge in [0.05, 0.1) is 5.02 Å². The number of hydrogen-bond acceptors (Lipinski definition) is 0. The van der Waals surface area contributed by atoms with Gasteiger partial charge in [-0.2, -0.15) is 0 Å². The van der Waals surface area contributed by atoms with Crippen molar-refractivity contribution in [2.24, 2.45) is 11.8 Å². The second-order valence-electron chi connectivity index (χ2n) is 11.5. The molecule has 1 aliphatic rings. The maximum Gasteiger partial charge on any atom is 0.142 e. The maximum atomic E-state index is 14.8. The zero-order valence-electron chi connectivity index (χ0n) is 23.3. The summed E-state index contributed by atoms with van der Waals surface area (Å²) in [5.41, 5.74) is 4.37. The predicted octanol–water partition coefficient (Wildman–Crippen LogP) is 10.6. The van der Waals surface area contributed by atoms with Crippen molar-refractivity contribution in [2.45, 2.75) is 96.8 Å². The van der Waals surface area contributed by atoms with Crippen molar-refractivity contribution < 1.29 is 13.2 Å². The Bertz CT molecular complexity index is 1160. The van der Waals surface area contributed by atoms with Crippen LogP contribution in [0.25, 0.3) is 0 Å². The molecule has 0 aromatic heterocycles. The van der Waals surface area contributed by atoms with E-state index in [2.05, 4.69) is 31.2 Å². The summed E-state index contributed by atoms with van der Waals surface area (Å²) in [7, 11) is 0. The van der Waals surface area contributed by atoms with Gasteiger partial charge in [-0.15, -0.1) is 0 Å². The molecule has 0 heterocycles. The van der Waals surface area contributed by atoms with E-state index in [1.54, 1.807) is 6.07 Å². The van der Waals surface area contributed by atoms with Crippen LogP contribution in [0.2, 0.25) is 5.02 Å². The van der Waals surface area contributed by atoms with E-state index in [-0.39, 0.29) is 17.0 Å². The Kier molecular flexibility index (Phi) is 11.4. The molecule has 0 bridgehead atoms. The average Bonchev–Trinajstić information content (AvgIpc) is 2.93. The summed E-state index contributed by atoms with van der Waals surface area (Å²) in [6.07, 6.45) is 14.6. The molecule has 0 amide bonds. The van der Waals surface area contributed by atoms with Gasteiger partial charge in [-0.3, -0.25) is 0 Å². The van der Waals surface area contributed by atoms with Crippen molar-refractivity contribution >= 4 is 11.6 Å². The van der Waals surface area contributed by atoms with Crippen molar-refractivity contribution in [2.75, 3.05) is 0 Å². The lowest BCUT2D eigenvalue weighted by atomic mass is 9.77. The first-order valence-electron chi connectivity index (χ1n) is 14.9. The fraction of sp³-hybridized carbons (Fsp3) is 0.486. The zero-order chi connectivity index (χ0) is 27.6. The van der Waals surface area contributed by atoms with Crippen LogP contribution in [0.4, 0.5) is 13.2 Å². The lowest BCUT2D eigenvalue weighted by molar-refractivity contribution is 0.253. The second-order valence-corrected chi connectivity index (χ2v) is 11.9. The van der Waals surface area contributed by atoms with Crippen molar-refractivity contribution in [1.82, 2.24) is 0 Å². The molecule has 4 rings (SSSR count). The summed E-state index contributed by atoms with van der Waals surface area (Å²) in [5, 5.41) is 0.0487. The largest absolute Gasteiger partial charge is 0.207 e. The number of aryl methyl sites for hydroxylation is 4. The van der Waals surface area contributed by atoms with Crippen LogP contribution in [0.15, 0.2) is 54.6 Å². The van der Waals surface area contributed by atoms with Crippen LogP contribution >= 0.6 is 11.6 Å². The van der Waals surface area contributed by atoms with Gasteiger partial charge in [0.25, 0.3) is 0 Å². The summed E-state index contributed by atoms with van der Waals surface area (Å²) in [6.45, 7) is 2.25. The summed E-state index contributed by atoms with van der Waals surface area (Å²) >= 11 is 5.72. The predicted molar refractivity (Wildman–Crippen MR) is 157 cm³/mol. The molecule has 1 saturated carbocycles. The van der Waals surface area contributed by atoms with Gasteiger partial charge in [0.15, 0.2) is 0 Å². The highest BCUT2D eigenvalue weighted by atomic mass is 35.5. The van der Waals surface area contributed by atoms with Crippen molar-refractivity contribution in [3.05, 3.63) is 105 Å². The fourth-order valence-corrected chi connectivity index (χ4v) is 6.12. The van der Waals surface area contributed by atoms with Gasteiger partial charge in [-0.1, -0.05) is 87.4 Å². The third-order valence-corrected chi connectivity index (χ3v) is 8.90. The standard InChI is InChI=1S/C35H42ClF3/c1-2-3-4-5-25-6-8-26(9-7-25)10-11-27-12-14-28(15-13-27)16-17-30-23-33(37)31(34(38)24-30)20-18-29-19-21-32(36)35(39)22-29/h6-9,19,21-24,27-28H,2-5,10-18,20H2,1H3. The van der Waals surface area contributed by atoms with Crippen LogP contribution in [-0.2, 0) is 32.1 Å². The molecule has 0 saturated heterocycles. The summed E-state index contributed by atoms with van der Waals surface area (Å²) in [5.74, 6) is -0.0976. The number of benzene rings is 3. The minimum Gasteiger partial charge on any atom is -0.207 e. The Morgan fingerprint density at radius 1 is 0.590 bits per heavy atom. The highest BCUT2D eigenvalue weighted by Crippen LogP contribution is 2.34. The first kappa shape index (κ1) is 29.7. The second kappa shape index (κ2) is 14.9. The van der Waals surface area contributed by atoms with E-state index in [0.717, 1.165) is 24.3 Å². The van der Waals surface area contributed by atoms with E-state index in [9.17, 15) is 13.2 Å². The summed E-state index contributed by atoms with van der Waals surface area (Å²) in [4.78, 5) is 0. The van der Waals surface area contributed by atoms with Crippen LogP contribution in [0, 0.1) is 29.3 Å². The highest BCUT2D eigenvalue weighted by molar-refractivity contribution is 6.30. The zero-order valence-corrected chi connectivity index (χ0v) is 24.0. The minimum absolute atomic E-state index is 0.0487. The summed E-state index contributed by atoms with van der Waals surface area (Å²) < 4.78 is 43.2. The van der Waals surface area contributed by atoms with E-state index in [1.807, 2.05) is 0 Å². The van der Waals surface area contributed by atoms with Crippen LogP contribution < -0.4 is 0 Å². The van der Waals surface area contributed by atoms with Gasteiger partial charge in [0.1, 0.15) is 17.5 Å². The van der Waals surface area contributed by atoms with Crippen LogP contribution in [-0.4, -0.2) is 0 Å². The lowest BCUT2D eigenvalue weighted by Crippen LogP contribution is -2.16. The molecule has 3 aromatic carbocycles. The quantitative estimate of drug-likeness (QED) is 0.184. The van der Waals surface area contributed by atoms with Gasteiger partial charge in [-0.25, -0.2) is 13.2 Å². The molecule has 39 heavy (non-hydrogen) atoms. The molecule has 4 heteroatoms. The Morgan fingerprint density at radius 2 is 1.10 bits per heavy atom. The highest BCUT2D eigenvalue weighted by Gasteiger charge is 2.21. The molecular formula is C35H42ClF3. The average molecular weight is 555 g/mol. The van der Waals surface area contributed by atoms with Gasteiger partial charge in [0, 0.05) is 5.56 Å². The molecule has 0 unspecified atom stereocenters. The maximum absolute atomic E-state index is 14.8. The fourth-order valence-electron chi connectivity index (χ4n) is 6.01.